The highest BCUT2D eigenvalue weighted by atomic mass is 79.9. The highest BCUT2D eigenvalue weighted by molar-refractivity contribution is 9.10. The molecular weight excluding hydrogens is 455 g/mol. The van der Waals surface area contributed by atoms with Crippen LogP contribution in [0.25, 0.3) is 11.4 Å². The van der Waals surface area contributed by atoms with E-state index in [4.69, 9.17) is 11.6 Å². The summed E-state index contributed by atoms with van der Waals surface area (Å²) in [5.74, 6) is -1.82. The minimum absolute atomic E-state index is 0.0630. The van der Waals surface area contributed by atoms with Crippen LogP contribution in [0.2, 0.25) is 0 Å². The van der Waals surface area contributed by atoms with Crippen LogP contribution < -0.4 is 10.6 Å². The molecule has 1 atom stereocenters. The molecule has 3 N–H and O–H groups in total. The molecule has 1 aromatic carbocycles. The Morgan fingerprint density at radius 2 is 2.04 bits per heavy atom. The Balaban J connectivity index is 1.69. The number of H-pyrrole nitrogens is 1. The molecule has 144 valence electrons. The van der Waals surface area contributed by atoms with Gasteiger partial charge in [0.05, 0.1) is 4.47 Å². The topological polar surface area (TPSA) is 104 Å². The predicted molar refractivity (Wildman–Crippen MR) is 102 cm³/mol. The fraction of sp³-hybridized carbons (Fsp3) is 0.222. The lowest BCUT2D eigenvalue weighted by atomic mass is 10.00. The number of rotatable bonds is 3. The molecule has 1 amide bonds. The van der Waals surface area contributed by atoms with Crippen molar-refractivity contribution in [3.8, 4) is 11.4 Å². The summed E-state index contributed by atoms with van der Waals surface area (Å²) < 4.78 is 14.1. The minimum atomic E-state index is -0.658. The summed E-state index contributed by atoms with van der Waals surface area (Å²) in [6.45, 7) is 0.563. The van der Waals surface area contributed by atoms with Crippen molar-refractivity contribution in [3.05, 3.63) is 50.6 Å². The Labute approximate surface area is 171 Å². The third-order valence-corrected chi connectivity index (χ3v) is 5.59. The van der Waals surface area contributed by atoms with Crippen molar-refractivity contribution in [2.75, 3.05) is 6.54 Å². The molecule has 28 heavy (non-hydrogen) atoms. The fourth-order valence-electron chi connectivity index (χ4n) is 3.14. The van der Waals surface area contributed by atoms with Crippen LogP contribution >= 0.6 is 27.5 Å². The summed E-state index contributed by atoms with van der Waals surface area (Å²) in [5.41, 5.74) is 0.0349. The maximum absolute atomic E-state index is 13.8. The number of halogens is 3. The number of Topliss-reactive ketones (excluding diaryl/α,β-unsaturated/α-hetero) is 2. The number of benzene rings is 1. The summed E-state index contributed by atoms with van der Waals surface area (Å²) in [7, 11) is 0. The lowest BCUT2D eigenvalue weighted by Crippen LogP contribution is -2.49. The molecule has 1 aromatic heterocycles. The molecule has 4 rings (SSSR count). The summed E-state index contributed by atoms with van der Waals surface area (Å²) in [5, 5.41) is 5.17. The van der Waals surface area contributed by atoms with Gasteiger partial charge in [-0.25, -0.2) is 9.37 Å². The lowest BCUT2D eigenvalue weighted by Gasteiger charge is -2.25. The number of fused-ring (bicyclic) bond motifs is 1. The number of aromatic nitrogens is 2. The SMILES string of the molecule is O=C1C(N[C@H]2CCCNC2=O)=C(Cl)C(=O)c2[nH]c(-c3ccc(Br)c(F)c3)nc21. The van der Waals surface area contributed by atoms with Gasteiger partial charge in [0.2, 0.25) is 17.5 Å². The summed E-state index contributed by atoms with van der Waals surface area (Å²) in [4.78, 5) is 44.4. The van der Waals surface area contributed by atoms with Crippen LogP contribution in [-0.4, -0.2) is 40.0 Å². The van der Waals surface area contributed by atoms with Gasteiger partial charge in [-0.1, -0.05) is 11.6 Å². The molecule has 1 aliphatic carbocycles. The van der Waals surface area contributed by atoms with Crippen molar-refractivity contribution < 1.29 is 18.8 Å². The Morgan fingerprint density at radius 3 is 2.75 bits per heavy atom. The van der Waals surface area contributed by atoms with Gasteiger partial charge in [-0.3, -0.25) is 14.4 Å². The number of amides is 1. The number of nitrogens with one attached hydrogen (secondary N) is 3. The van der Waals surface area contributed by atoms with E-state index in [0.717, 1.165) is 6.42 Å². The van der Waals surface area contributed by atoms with Crippen LogP contribution in [0, 0.1) is 5.82 Å². The molecule has 0 bridgehead atoms. The van der Waals surface area contributed by atoms with Crippen molar-refractivity contribution in [1.29, 1.82) is 0 Å². The first-order valence-electron chi connectivity index (χ1n) is 8.45. The minimum Gasteiger partial charge on any atom is -0.369 e. The summed E-state index contributed by atoms with van der Waals surface area (Å²) >= 11 is 9.19. The largest absolute Gasteiger partial charge is 0.369 e. The quantitative estimate of drug-likeness (QED) is 0.644. The zero-order valence-electron chi connectivity index (χ0n) is 14.2. The van der Waals surface area contributed by atoms with Crippen molar-refractivity contribution in [2.45, 2.75) is 18.9 Å². The van der Waals surface area contributed by atoms with E-state index in [1.165, 1.54) is 12.1 Å². The van der Waals surface area contributed by atoms with Gasteiger partial charge in [0, 0.05) is 12.1 Å². The molecule has 7 nitrogen and oxygen atoms in total. The van der Waals surface area contributed by atoms with Gasteiger partial charge in [-0.05, 0) is 47.0 Å². The molecule has 10 heteroatoms. The van der Waals surface area contributed by atoms with E-state index >= 15 is 0 Å². The van der Waals surface area contributed by atoms with Gasteiger partial charge < -0.3 is 15.6 Å². The van der Waals surface area contributed by atoms with Crippen molar-refractivity contribution in [2.24, 2.45) is 0 Å². The van der Waals surface area contributed by atoms with E-state index in [-0.39, 0.29) is 38.3 Å². The number of nitrogens with zero attached hydrogens (tertiary/aromatic N) is 1. The smallest absolute Gasteiger partial charge is 0.242 e. The van der Waals surface area contributed by atoms with Crippen LogP contribution in [0.5, 0.6) is 0 Å². The van der Waals surface area contributed by atoms with Gasteiger partial charge in [0.15, 0.2) is 0 Å². The molecule has 2 aliphatic rings. The normalized spacial score (nSPS) is 19.5. The average Bonchev–Trinajstić information content (AvgIpc) is 3.13. The Hall–Kier alpha value is -2.52. The first-order chi connectivity index (χ1) is 13.4. The van der Waals surface area contributed by atoms with Crippen LogP contribution in [0.15, 0.2) is 33.4 Å². The number of carbonyl (C=O) groups is 3. The van der Waals surface area contributed by atoms with E-state index in [9.17, 15) is 18.8 Å². The molecule has 0 saturated carbocycles. The highest BCUT2D eigenvalue weighted by Crippen LogP contribution is 2.30. The number of carbonyl (C=O) groups excluding carboxylic acids is 3. The van der Waals surface area contributed by atoms with Gasteiger partial charge in [-0.2, -0.15) is 0 Å². The van der Waals surface area contributed by atoms with E-state index in [1.807, 2.05) is 0 Å². The molecule has 1 saturated heterocycles. The van der Waals surface area contributed by atoms with E-state index in [0.29, 0.717) is 18.5 Å². The first-order valence-corrected chi connectivity index (χ1v) is 9.62. The number of hydrogen-bond donors (Lipinski definition) is 3. The van der Waals surface area contributed by atoms with Gasteiger partial charge in [-0.15, -0.1) is 0 Å². The number of aromatic amines is 1. The van der Waals surface area contributed by atoms with Crippen LogP contribution in [0.4, 0.5) is 4.39 Å². The maximum Gasteiger partial charge on any atom is 0.242 e. The average molecular weight is 468 g/mol. The fourth-order valence-corrected chi connectivity index (χ4v) is 3.62. The molecule has 1 aliphatic heterocycles. The number of imidazole rings is 1. The molecule has 1 fully saturated rings. The summed E-state index contributed by atoms with van der Waals surface area (Å²) in [6, 6.07) is 3.65. The van der Waals surface area contributed by atoms with Crippen molar-refractivity contribution >= 4 is 45.0 Å². The van der Waals surface area contributed by atoms with E-state index < -0.39 is 23.4 Å². The lowest BCUT2D eigenvalue weighted by molar-refractivity contribution is -0.124. The molecule has 2 heterocycles. The second-order valence-electron chi connectivity index (χ2n) is 6.42. The second-order valence-corrected chi connectivity index (χ2v) is 7.65. The van der Waals surface area contributed by atoms with E-state index in [1.54, 1.807) is 6.07 Å². The summed E-state index contributed by atoms with van der Waals surface area (Å²) in [6.07, 6.45) is 1.25. The van der Waals surface area contributed by atoms with Crippen LogP contribution in [0.1, 0.15) is 33.8 Å². The number of ketones is 2. The number of piperidine rings is 1. The molecule has 0 radical (unpaired) electrons. The Kier molecular flexibility index (Phi) is 4.80. The van der Waals surface area contributed by atoms with Gasteiger partial charge in [0.1, 0.15) is 39.8 Å². The molecule has 0 spiro atoms. The zero-order chi connectivity index (χ0) is 20.0. The first kappa shape index (κ1) is 18.8. The Bertz CT molecular complexity index is 1070. The van der Waals surface area contributed by atoms with Gasteiger partial charge >= 0.3 is 0 Å². The maximum atomic E-state index is 13.8. The van der Waals surface area contributed by atoms with E-state index in [2.05, 4.69) is 36.5 Å². The van der Waals surface area contributed by atoms with Crippen molar-refractivity contribution in [3.63, 3.8) is 0 Å². The molecule has 2 aromatic rings. The number of hydrogen-bond acceptors (Lipinski definition) is 5. The predicted octanol–water partition coefficient (Wildman–Crippen LogP) is 2.68. The Morgan fingerprint density at radius 1 is 1.25 bits per heavy atom. The van der Waals surface area contributed by atoms with Crippen molar-refractivity contribution in [1.82, 2.24) is 20.6 Å². The van der Waals surface area contributed by atoms with Crippen LogP contribution in [0.3, 0.4) is 0 Å². The third kappa shape index (κ3) is 3.14. The highest BCUT2D eigenvalue weighted by Gasteiger charge is 2.37. The number of allylic oxidation sites excluding steroid dienone is 2. The van der Waals surface area contributed by atoms with Gasteiger partial charge in [0.25, 0.3) is 0 Å². The molecular formula is C18H13BrClFN4O3. The third-order valence-electron chi connectivity index (χ3n) is 4.59. The standard InChI is InChI=1S/C18H13BrClFN4O3/c19-8-4-3-7(6-9(8)21)17-24-13-14(25-17)16(27)12(11(20)15(13)26)23-10-2-1-5-22-18(10)28/h3-4,6,10,23H,1-2,5H2,(H,22,28)(H,24,25)/t10-/m0/s1. The van der Waals surface area contributed by atoms with Crippen LogP contribution in [-0.2, 0) is 4.79 Å². The zero-order valence-corrected chi connectivity index (χ0v) is 16.6. The monoisotopic (exact) mass is 466 g/mol. The molecule has 0 unspecified atom stereocenters. The second kappa shape index (κ2) is 7.14.